The predicted molar refractivity (Wildman–Crippen MR) is 156 cm³/mol. The van der Waals surface area contributed by atoms with Gasteiger partial charge in [-0.3, -0.25) is 33.9 Å². The zero-order chi connectivity index (χ0) is 32.2. The number of alkyl halides is 3. The van der Waals surface area contributed by atoms with Crippen LogP contribution in [0.1, 0.15) is 21.9 Å². The topological polar surface area (TPSA) is 132 Å². The van der Waals surface area contributed by atoms with Gasteiger partial charge in [-0.05, 0) is 48.0 Å². The van der Waals surface area contributed by atoms with Crippen LogP contribution in [0.4, 0.5) is 34.6 Å². The highest BCUT2D eigenvalue weighted by Gasteiger charge is 2.56. The van der Waals surface area contributed by atoms with E-state index in [1.807, 2.05) is 0 Å². The maximum Gasteiger partial charge on any atom is 0.416 e. The van der Waals surface area contributed by atoms with Crippen LogP contribution in [0.5, 0.6) is 0 Å². The lowest BCUT2D eigenvalue weighted by molar-refractivity contribution is -0.384. The first-order valence-electron chi connectivity index (χ1n) is 13.1. The van der Waals surface area contributed by atoms with Gasteiger partial charge in [0.05, 0.1) is 27.1 Å². The normalized spacial score (nSPS) is 19.3. The monoisotopic (exact) mass is 658 g/mol. The Labute approximate surface area is 258 Å². The van der Waals surface area contributed by atoms with E-state index in [0.29, 0.717) is 10.4 Å². The highest BCUT2D eigenvalue weighted by atomic mass is 32.2. The van der Waals surface area contributed by atoms with Crippen molar-refractivity contribution in [1.29, 1.82) is 0 Å². The fourth-order valence-corrected chi connectivity index (χ4v) is 8.15. The van der Waals surface area contributed by atoms with E-state index < -0.39 is 68.7 Å². The van der Waals surface area contributed by atoms with Gasteiger partial charge >= 0.3 is 11.0 Å². The molecule has 2 aliphatic heterocycles. The molecule has 0 spiro atoms. The second-order valence-electron chi connectivity index (χ2n) is 10.1. The molecule has 16 heteroatoms. The van der Waals surface area contributed by atoms with Gasteiger partial charge in [-0.1, -0.05) is 41.3 Å². The molecular formula is C29H18F4N4O6S2. The molecule has 1 N–H and O–H groups in total. The van der Waals surface area contributed by atoms with Gasteiger partial charge in [0.2, 0.25) is 17.7 Å². The average molecular weight is 659 g/mol. The maximum atomic E-state index is 13.9. The number of anilines is 2. The van der Waals surface area contributed by atoms with Crippen LogP contribution in [-0.2, 0) is 27.1 Å². The third kappa shape index (κ3) is 5.50. The van der Waals surface area contributed by atoms with Crippen LogP contribution >= 0.6 is 23.1 Å². The third-order valence-corrected chi connectivity index (χ3v) is 9.98. The number of thioether (sulfide) groups is 1. The van der Waals surface area contributed by atoms with Crippen molar-refractivity contribution in [2.24, 2.45) is 5.92 Å². The number of nitrogens with one attached hydrogen (secondary N) is 1. The molecule has 10 nitrogen and oxygen atoms in total. The van der Waals surface area contributed by atoms with Crippen molar-refractivity contribution in [3.05, 3.63) is 114 Å². The summed E-state index contributed by atoms with van der Waals surface area (Å²) in [4.78, 5) is 64.9. The molecule has 3 atom stereocenters. The van der Waals surface area contributed by atoms with Crippen LogP contribution in [-0.4, -0.2) is 32.5 Å². The number of non-ortho nitro benzene ring substituents is 1. The molecular weight excluding hydrogens is 640 g/mol. The van der Waals surface area contributed by atoms with Crippen LogP contribution in [0.25, 0.3) is 0 Å². The van der Waals surface area contributed by atoms with Gasteiger partial charge in [-0.25, -0.2) is 9.29 Å². The molecule has 3 amide bonds. The van der Waals surface area contributed by atoms with Crippen molar-refractivity contribution in [2.75, 3.05) is 10.2 Å². The summed E-state index contributed by atoms with van der Waals surface area (Å²) in [6.45, 7) is -0.602. The number of halogens is 4. The lowest BCUT2D eigenvalue weighted by Gasteiger charge is -2.30. The number of benzene rings is 3. The SMILES string of the molecule is O=C(Cn1c2c(sc1=O)[C@H](c1ccc(F)cc1)C1C(=O)N(c3ccc([N+](=O)[O-])cc3)C(=O)C1S2)Nc1cccc(C(F)(F)F)c1. The van der Waals surface area contributed by atoms with E-state index in [9.17, 15) is 46.9 Å². The largest absolute Gasteiger partial charge is 0.416 e. The van der Waals surface area contributed by atoms with E-state index in [1.165, 1.54) is 42.5 Å². The van der Waals surface area contributed by atoms with Crippen LogP contribution in [0.2, 0.25) is 0 Å². The number of hydrogen-bond acceptors (Lipinski definition) is 8. The number of thiazole rings is 1. The molecule has 230 valence electrons. The highest BCUT2D eigenvalue weighted by Crippen LogP contribution is 2.54. The number of fused-ring (bicyclic) bond motifs is 2. The zero-order valence-electron chi connectivity index (χ0n) is 22.5. The first-order chi connectivity index (χ1) is 21.3. The van der Waals surface area contributed by atoms with E-state index in [-0.39, 0.29) is 22.1 Å². The summed E-state index contributed by atoms with van der Waals surface area (Å²) in [6, 6.07) is 14.0. The summed E-state index contributed by atoms with van der Waals surface area (Å²) in [5.74, 6) is -4.57. The van der Waals surface area contributed by atoms with E-state index >= 15 is 0 Å². The molecule has 2 aliphatic rings. The predicted octanol–water partition coefficient (Wildman–Crippen LogP) is 5.41. The Kier molecular flexibility index (Phi) is 7.56. The standard InChI is InChI=1S/C29H18F4N4O6S2/c30-16-6-4-14(5-7-16)21-22-23(26(40)36(25(22)39)18-8-10-19(11-9-18)37(42)43)44-27-24(21)45-28(41)35(27)13-20(38)34-17-3-1-2-15(12-17)29(31,32)33/h1-12,21-23H,13H2,(H,34,38)/t21-,22?,23?/m1/s1. The average Bonchev–Trinajstić information content (AvgIpc) is 3.43. The summed E-state index contributed by atoms with van der Waals surface area (Å²) in [5.41, 5.74) is -0.829. The number of nitro benzene ring substituents is 1. The van der Waals surface area contributed by atoms with E-state index in [0.717, 1.165) is 62.9 Å². The van der Waals surface area contributed by atoms with Crippen molar-refractivity contribution in [2.45, 2.75) is 28.9 Å². The Morgan fingerprint density at radius 1 is 0.978 bits per heavy atom. The Balaban J connectivity index is 1.37. The van der Waals surface area contributed by atoms with E-state index in [1.54, 1.807) is 0 Å². The van der Waals surface area contributed by atoms with Crippen molar-refractivity contribution in [3.8, 4) is 0 Å². The maximum absolute atomic E-state index is 13.9. The number of imide groups is 1. The van der Waals surface area contributed by atoms with Crippen LogP contribution < -0.4 is 15.1 Å². The molecule has 6 rings (SSSR count). The zero-order valence-corrected chi connectivity index (χ0v) is 24.1. The van der Waals surface area contributed by atoms with Crippen molar-refractivity contribution < 1.29 is 36.9 Å². The van der Waals surface area contributed by atoms with Crippen molar-refractivity contribution in [1.82, 2.24) is 4.57 Å². The second kappa shape index (κ2) is 11.3. The fraction of sp³-hybridized carbons (Fsp3) is 0.172. The Morgan fingerprint density at radius 3 is 2.31 bits per heavy atom. The smallest absolute Gasteiger partial charge is 0.325 e. The molecule has 1 saturated heterocycles. The van der Waals surface area contributed by atoms with Gasteiger partial charge in [0, 0.05) is 28.6 Å². The molecule has 0 aliphatic carbocycles. The molecule has 0 bridgehead atoms. The van der Waals surface area contributed by atoms with Crippen molar-refractivity contribution >= 4 is 57.9 Å². The molecule has 0 radical (unpaired) electrons. The van der Waals surface area contributed by atoms with Crippen LogP contribution in [0.3, 0.4) is 0 Å². The summed E-state index contributed by atoms with van der Waals surface area (Å²) in [5, 5.41) is 12.6. The summed E-state index contributed by atoms with van der Waals surface area (Å²) >= 11 is 1.64. The van der Waals surface area contributed by atoms with Crippen LogP contribution in [0, 0.1) is 21.8 Å². The number of aromatic nitrogens is 1. The minimum Gasteiger partial charge on any atom is -0.325 e. The van der Waals surface area contributed by atoms with Crippen molar-refractivity contribution in [3.63, 3.8) is 0 Å². The van der Waals surface area contributed by atoms with Gasteiger partial charge in [0.15, 0.2) is 0 Å². The number of rotatable bonds is 6. The minimum absolute atomic E-state index is 0.102. The highest BCUT2D eigenvalue weighted by molar-refractivity contribution is 8.00. The lowest BCUT2D eigenvalue weighted by Crippen LogP contribution is -2.33. The minimum atomic E-state index is -4.64. The Morgan fingerprint density at radius 2 is 1.67 bits per heavy atom. The first-order valence-corrected chi connectivity index (χ1v) is 14.8. The van der Waals surface area contributed by atoms with Gasteiger partial charge in [0.25, 0.3) is 5.69 Å². The molecule has 1 fully saturated rings. The summed E-state index contributed by atoms with van der Waals surface area (Å²) in [7, 11) is 0. The van der Waals surface area contributed by atoms with Gasteiger partial charge in [-0.15, -0.1) is 0 Å². The number of nitrogens with zero attached hydrogens (tertiary/aromatic N) is 3. The quantitative estimate of drug-likeness (QED) is 0.127. The van der Waals surface area contributed by atoms with E-state index in [2.05, 4.69) is 5.32 Å². The molecule has 1 aromatic heterocycles. The van der Waals surface area contributed by atoms with Gasteiger partial charge in [-0.2, -0.15) is 13.2 Å². The number of amides is 3. The van der Waals surface area contributed by atoms with Crippen LogP contribution in [0.15, 0.2) is 82.6 Å². The summed E-state index contributed by atoms with van der Waals surface area (Å²) in [6.07, 6.45) is -4.64. The molecule has 0 saturated carbocycles. The first kappa shape index (κ1) is 30.2. The molecule has 3 aromatic carbocycles. The molecule has 3 heterocycles. The molecule has 2 unspecified atom stereocenters. The van der Waals surface area contributed by atoms with Gasteiger partial charge in [0.1, 0.15) is 17.6 Å². The summed E-state index contributed by atoms with van der Waals surface area (Å²) < 4.78 is 54.4. The number of carbonyl (C=O) groups is 3. The number of hydrogen-bond donors (Lipinski definition) is 1. The number of nitro groups is 1. The lowest BCUT2D eigenvalue weighted by atomic mass is 9.83. The fourth-order valence-electron chi connectivity index (χ4n) is 5.38. The molecule has 4 aromatic rings. The van der Waals surface area contributed by atoms with E-state index in [4.69, 9.17) is 0 Å². The Hall–Kier alpha value is -4.83. The second-order valence-corrected chi connectivity index (χ2v) is 12.3. The number of carbonyl (C=O) groups excluding carboxylic acids is 3. The third-order valence-electron chi connectivity index (χ3n) is 7.37. The van der Waals surface area contributed by atoms with Gasteiger partial charge < -0.3 is 5.32 Å². The Bertz CT molecular complexity index is 1920. The molecule has 45 heavy (non-hydrogen) atoms.